The molecule has 0 unspecified atom stereocenters. The molecule has 1 aromatic carbocycles. The Labute approximate surface area is 103 Å². The van der Waals surface area contributed by atoms with E-state index in [2.05, 4.69) is 11.8 Å². The number of rotatable bonds is 4. The van der Waals surface area contributed by atoms with Gasteiger partial charge in [-0.05, 0) is 30.7 Å². The van der Waals surface area contributed by atoms with E-state index in [9.17, 15) is 13.2 Å². The monoisotopic (exact) mass is 258 g/mol. The average Bonchev–Trinajstić information content (AvgIpc) is 2.32. The van der Waals surface area contributed by atoms with E-state index in [1.165, 1.54) is 0 Å². The first-order chi connectivity index (χ1) is 8.51. The van der Waals surface area contributed by atoms with Crippen LogP contribution in [0.2, 0.25) is 0 Å². The Morgan fingerprint density at radius 3 is 2.39 bits per heavy atom. The van der Waals surface area contributed by atoms with Crippen molar-refractivity contribution in [3.05, 3.63) is 29.8 Å². The molecule has 5 heteroatoms. The molecule has 1 aromatic rings. The summed E-state index contributed by atoms with van der Waals surface area (Å²) in [5, 5.41) is 8.50. The van der Waals surface area contributed by atoms with Crippen molar-refractivity contribution < 1.29 is 23.0 Å². The van der Waals surface area contributed by atoms with Crippen molar-refractivity contribution in [2.75, 3.05) is 13.2 Å². The van der Waals surface area contributed by atoms with E-state index >= 15 is 0 Å². The number of halogens is 3. The zero-order chi connectivity index (χ0) is 13.4. The van der Waals surface area contributed by atoms with Crippen molar-refractivity contribution in [1.82, 2.24) is 0 Å². The summed E-state index contributed by atoms with van der Waals surface area (Å²) in [7, 11) is 0. The lowest BCUT2D eigenvalue weighted by atomic mass is 10.2. The highest BCUT2D eigenvalue weighted by atomic mass is 19.4. The summed E-state index contributed by atoms with van der Waals surface area (Å²) >= 11 is 0. The fourth-order valence-electron chi connectivity index (χ4n) is 1.24. The number of aliphatic hydroxyl groups excluding tert-OH is 1. The lowest BCUT2D eigenvalue weighted by molar-refractivity contribution is -0.136. The normalized spacial score (nSPS) is 10.7. The molecule has 0 saturated heterocycles. The molecular weight excluding hydrogens is 245 g/mol. The second-order valence-electron chi connectivity index (χ2n) is 3.55. The SMILES string of the molecule is OCC#Cc1ccc(OCCCC(F)(F)F)cc1. The van der Waals surface area contributed by atoms with Crippen molar-refractivity contribution in [3.8, 4) is 17.6 Å². The molecule has 2 nitrogen and oxygen atoms in total. The van der Waals surface area contributed by atoms with Gasteiger partial charge in [-0.3, -0.25) is 0 Å². The highest BCUT2D eigenvalue weighted by molar-refractivity contribution is 5.38. The average molecular weight is 258 g/mol. The Morgan fingerprint density at radius 2 is 1.83 bits per heavy atom. The van der Waals surface area contributed by atoms with Gasteiger partial charge in [0.15, 0.2) is 0 Å². The van der Waals surface area contributed by atoms with E-state index in [4.69, 9.17) is 9.84 Å². The number of aliphatic hydroxyl groups is 1. The second-order valence-corrected chi connectivity index (χ2v) is 3.55. The molecule has 0 fully saturated rings. The summed E-state index contributed by atoms with van der Waals surface area (Å²) in [4.78, 5) is 0. The van der Waals surface area contributed by atoms with Crippen molar-refractivity contribution in [2.45, 2.75) is 19.0 Å². The van der Waals surface area contributed by atoms with E-state index in [0.29, 0.717) is 11.3 Å². The van der Waals surface area contributed by atoms with E-state index < -0.39 is 12.6 Å². The van der Waals surface area contributed by atoms with Crippen molar-refractivity contribution in [2.24, 2.45) is 0 Å². The van der Waals surface area contributed by atoms with Crippen LogP contribution in [0.1, 0.15) is 18.4 Å². The van der Waals surface area contributed by atoms with Crippen LogP contribution in [0.15, 0.2) is 24.3 Å². The van der Waals surface area contributed by atoms with Crippen LogP contribution in [0, 0.1) is 11.8 Å². The molecule has 0 aromatic heterocycles. The Balaban J connectivity index is 2.35. The summed E-state index contributed by atoms with van der Waals surface area (Å²) in [6.07, 6.45) is -5.03. The Hall–Kier alpha value is -1.67. The van der Waals surface area contributed by atoms with Crippen molar-refractivity contribution in [3.63, 3.8) is 0 Å². The molecule has 0 aliphatic carbocycles. The molecule has 0 saturated carbocycles. The fourth-order valence-corrected chi connectivity index (χ4v) is 1.24. The van der Waals surface area contributed by atoms with Crippen LogP contribution >= 0.6 is 0 Å². The number of alkyl halides is 3. The van der Waals surface area contributed by atoms with Crippen LogP contribution in [-0.4, -0.2) is 24.5 Å². The summed E-state index contributed by atoms with van der Waals surface area (Å²) in [5.41, 5.74) is 0.715. The molecule has 0 amide bonds. The first-order valence-electron chi connectivity index (χ1n) is 5.40. The summed E-state index contributed by atoms with van der Waals surface area (Å²) in [6, 6.07) is 6.63. The summed E-state index contributed by atoms with van der Waals surface area (Å²) < 4.78 is 40.7. The molecular formula is C13H13F3O2. The van der Waals surface area contributed by atoms with Gasteiger partial charge in [-0.25, -0.2) is 0 Å². The van der Waals surface area contributed by atoms with Gasteiger partial charge in [0.25, 0.3) is 0 Å². The van der Waals surface area contributed by atoms with Crippen LogP contribution in [0.4, 0.5) is 13.2 Å². The molecule has 0 atom stereocenters. The molecule has 18 heavy (non-hydrogen) atoms. The molecule has 0 bridgehead atoms. The molecule has 0 heterocycles. The van der Waals surface area contributed by atoms with Gasteiger partial charge in [-0.1, -0.05) is 11.8 Å². The minimum absolute atomic E-state index is 0.0289. The van der Waals surface area contributed by atoms with E-state index in [1.807, 2.05) is 0 Å². The number of hydrogen-bond acceptors (Lipinski definition) is 2. The van der Waals surface area contributed by atoms with Crippen LogP contribution in [0.3, 0.4) is 0 Å². The van der Waals surface area contributed by atoms with Crippen LogP contribution in [0.25, 0.3) is 0 Å². The maximum Gasteiger partial charge on any atom is 0.389 e. The zero-order valence-corrected chi connectivity index (χ0v) is 9.63. The van der Waals surface area contributed by atoms with Crippen molar-refractivity contribution >= 4 is 0 Å². The lowest BCUT2D eigenvalue weighted by Gasteiger charge is -2.08. The van der Waals surface area contributed by atoms with Gasteiger partial charge in [0.1, 0.15) is 12.4 Å². The van der Waals surface area contributed by atoms with Gasteiger partial charge >= 0.3 is 6.18 Å². The Bertz CT molecular complexity index is 413. The lowest BCUT2D eigenvalue weighted by Crippen LogP contribution is -2.09. The smallest absolute Gasteiger partial charge is 0.389 e. The molecule has 0 aliphatic heterocycles. The number of ether oxygens (including phenoxy) is 1. The van der Waals surface area contributed by atoms with E-state index in [1.54, 1.807) is 24.3 Å². The van der Waals surface area contributed by atoms with Crippen LogP contribution in [0.5, 0.6) is 5.75 Å². The van der Waals surface area contributed by atoms with Gasteiger partial charge in [0.05, 0.1) is 6.61 Å². The van der Waals surface area contributed by atoms with Crippen LogP contribution < -0.4 is 4.74 Å². The van der Waals surface area contributed by atoms with Crippen molar-refractivity contribution in [1.29, 1.82) is 0 Å². The van der Waals surface area contributed by atoms with E-state index in [-0.39, 0.29) is 19.6 Å². The fraction of sp³-hybridized carbons (Fsp3) is 0.385. The second kappa shape index (κ2) is 6.92. The standard InChI is InChI=1S/C13H13F3O2/c14-13(15,16)8-2-10-18-12-6-4-11(5-7-12)3-1-9-17/h4-7,17H,2,8-10H2. The molecule has 1 N–H and O–H groups in total. The van der Waals surface area contributed by atoms with Crippen LogP contribution in [-0.2, 0) is 0 Å². The van der Waals surface area contributed by atoms with Gasteiger partial charge < -0.3 is 9.84 Å². The predicted molar refractivity (Wildman–Crippen MR) is 61.2 cm³/mol. The molecule has 0 radical (unpaired) electrons. The third-order valence-corrected chi connectivity index (χ3v) is 2.04. The Kier molecular flexibility index (Phi) is 5.53. The number of hydrogen-bond donors (Lipinski definition) is 1. The quantitative estimate of drug-likeness (QED) is 0.664. The third kappa shape index (κ3) is 6.16. The van der Waals surface area contributed by atoms with Gasteiger partial charge in [0, 0.05) is 12.0 Å². The van der Waals surface area contributed by atoms with E-state index in [0.717, 1.165) is 0 Å². The summed E-state index contributed by atoms with van der Waals surface area (Å²) in [5.74, 6) is 5.70. The molecule has 1 rings (SSSR count). The summed E-state index contributed by atoms with van der Waals surface area (Å²) in [6.45, 7) is -0.184. The highest BCUT2D eigenvalue weighted by Gasteiger charge is 2.25. The van der Waals surface area contributed by atoms with Gasteiger partial charge in [-0.2, -0.15) is 13.2 Å². The van der Waals surface area contributed by atoms with Gasteiger partial charge in [0.2, 0.25) is 0 Å². The third-order valence-electron chi connectivity index (χ3n) is 2.04. The molecule has 98 valence electrons. The minimum atomic E-state index is -4.13. The highest BCUT2D eigenvalue weighted by Crippen LogP contribution is 2.21. The Morgan fingerprint density at radius 1 is 1.17 bits per heavy atom. The molecule has 0 aliphatic rings. The topological polar surface area (TPSA) is 29.5 Å². The zero-order valence-electron chi connectivity index (χ0n) is 9.63. The minimum Gasteiger partial charge on any atom is -0.494 e. The van der Waals surface area contributed by atoms with Gasteiger partial charge in [-0.15, -0.1) is 0 Å². The molecule has 0 spiro atoms. The number of benzene rings is 1. The largest absolute Gasteiger partial charge is 0.494 e. The first-order valence-corrected chi connectivity index (χ1v) is 5.40. The maximum atomic E-state index is 11.9. The predicted octanol–water partition coefficient (Wildman–Crippen LogP) is 2.75. The maximum absolute atomic E-state index is 11.9. The first kappa shape index (κ1) is 14.4.